The highest BCUT2D eigenvalue weighted by Gasteiger charge is 2.34. The number of halogens is 1. The van der Waals surface area contributed by atoms with Gasteiger partial charge in [0.2, 0.25) is 0 Å². The van der Waals surface area contributed by atoms with Crippen molar-refractivity contribution in [3.05, 3.63) is 71.0 Å². The molecule has 2 aromatic carbocycles. The Morgan fingerprint density at radius 3 is 2.42 bits per heavy atom. The minimum absolute atomic E-state index is 0.299. The van der Waals surface area contributed by atoms with E-state index in [4.69, 9.17) is 0 Å². The second-order valence-corrected chi connectivity index (χ2v) is 6.77. The maximum atomic E-state index is 13.0. The van der Waals surface area contributed by atoms with Gasteiger partial charge < -0.3 is 15.1 Å². The van der Waals surface area contributed by atoms with Crippen LogP contribution in [-0.2, 0) is 5.60 Å². The highest BCUT2D eigenvalue weighted by Crippen LogP contribution is 2.33. The van der Waals surface area contributed by atoms with Gasteiger partial charge in [-0.05, 0) is 43.0 Å². The van der Waals surface area contributed by atoms with Crippen LogP contribution < -0.4 is 0 Å². The van der Waals surface area contributed by atoms with Crippen LogP contribution in [0.25, 0.3) is 0 Å². The van der Waals surface area contributed by atoms with Crippen LogP contribution in [0.2, 0.25) is 0 Å². The molecule has 0 saturated carbocycles. The van der Waals surface area contributed by atoms with Crippen molar-refractivity contribution < 1.29 is 14.6 Å². The smallest absolute Gasteiger partial charge is 0.123 e. The lowest BCUT2D eigenvalue weighted by atomic mass is 9.84. The molecule has 24 heavy (non-hydrogen) atoms. The van der Waals surface area contributed by atoms with E-state index in [-0.39, 0.29) is 5.82 Å². The molecule has 2 aromatic rings. The van der Waals surface area contributed by atoms with Crippen LogP contribution >= 0.6 is 0 Å². The van der Waals surface area contributed by atoms with Crippen molar-refractivity contribution in [3.63, 3.8) is 0 Å². The van der Waals surface area contributed by atoms with Gasteiger partial charge in [-0.3, -0.25) is 0 Å². The third-order valence-electron chi connectivity index (χ3n) is 4.92. The Labute approximate surface area is 142 Å². The quantitative estimate of drug-likeness (QED) is 0.906. The molecule has 1 heterocycles. The lowest BCUT2D eigenvalue weighted by Gasteiger charge is -2.39. The third-order valence-corrected chi connectivity index (χ3v) is 4.92. The summed E-state index contributed by atoms with van der Waals surface area (Å²) < 4.78 is 13.0. The van der Waals surface area contributed by atoms with Crippen LogP contribution in [0.5, 0.6) is 0 Å². The van der Waals surface area contributed by atoms with E-state index in [0.29, 0.717) is 19.4 Å². The van der Waals surface area contributed by atoms with Gasteiger partial charge in [0.25, 0.3) is 0 Å². The highest BCUT2D eigenvalue weighted by molar-refractivity contribution is 5.28. The molecule has 1 aliphatic rings. The molecule has 2 N–H and O–H groups in total. The van der Waals surface area contributed by atoms with E-state index in [1.54, 1.807) is 12.1 Å². The SMILES string of the molecule is Cc1cccc(C2(O)CCN(C[C@H](O)c3ccc(F)cc3)CC2)c1. The van der Waals surface area contributed by atoms with Crippen molar-refractivity contribution in [1.29, 1.82) is 0 Å². The van der Waals surface area contributed by atoms with Gasteiger partial charge in [-0.1, -0.05) is 42.0 Å². The number of rotatable bonds is 4. The Kier molecular flexibility index (Phi) is 4.99. The molecule has 0 aliphatic carbocycles. The molecule has 0 bridgehead atoms. The van der Waals surface area contributed by atoms with Crippen LogP contribution in [0.4, 0.5) is 4.39 Å². The fourth-order valence-corrected chi connectivity index (χ4v) is 3.36. The van der Waals surface area contributed by atoms with Gasteiger partial charge in [0, 0.05) is 19.6 Å². The standard InChI is InChI=1S/C20H24FNO2/c1-15-3-2-4-17(13-15)20(24)9-11-22(12-10-20)14-19(23)16-5-7-18(21)8-6-16/h2-8,13,19,23-24H,9-12,14H2,1H3/t19-/m0/s1. The summed E-state index contributed by atoms with van der Waals surface area (Å²) in [5.74, 6) is -0.299. The molecule has 3 nitrogen and oxygen atoms in total. The van der Waals surface area contributed by atoms with Gasteiger partial charge in [0.15, 0.2) is 0 Å². The van der Waals surface area contributed by atoms with E-state index in [1.165, 1.54) is 12.1 Å². The first-order valence-corrected chi connectivity index (χ1v) is 8.42. The molecule has 1 atom stereocenters. The van der Waals surface area contributed by atoms with Crippen molar-refractivity contribution in [1.82, 2.24) is 4.90 Å². The number of nitrogens with zero attached hydrogens (tertiary/aromatic N) is 1. The van der Waals surface area contributed by atoms with Gasteiger partial charge in [0.1, 0.15) is 5.82 Å². The molecule has 0 aromatic heterocycles. The molecule has 0 amide bonds. The van der Waals surface area contributed by atoms with Crippen LogP contribution in [0, 0.1) is 12.7 Å². The minimum Gasteiger partial charge on any atom is -0.387 e. The number of likely N-dealkylation sites (tertiary alicyclic amines) is 1. The van der Waals surface area contributed by atoms with Crippen LogP contribution in [0.1, 0.15) is 35.6 Å². The first-order chi connectivity index (χ1) is 11.5. The maximum Gasteiger partial charge on any atom is 0.123 e. The molecular formula is C20H24FNO2. The Balaban J connectivity index is 1.59. The van der Waals surface area contributed by atoms with Gasteiger partial charge in [-0.25, -0.2) is 4.39 Å². The lowest BCUT2D eigenvalue weighted by molar-refractivity contribution is -0.0345. The first-order valence-electron chi connectivity index (χ1n) is 8.42. The normalized spacial score (nSPS) is 19.2. The molecule has 1 fully saturated rings. The van der Waals surface area contributed by atoms with E-state index < -0.39 is 11.7 Å². The van der Waals surface area contributed by atoms with E-state index in [9.17, 15) is 14.6 Å². The first kappa shape index (κ1) is 17.1. The minimum atomic E-state index is -0.788. The zero-order valence-corrected chi connectivity index (χ0v) is 14.0. The van der Waals surface area contributed by atoms with Crippen molar-refractivity contribution in [2.75, 3.05) is 19.6 Å². The number of benzene rings is 2. The van der Waals surface area contributed by atoms with Gasteiger partial charge >= 0.3 is 0 Å². The summed E-state index contributed by atoms with van der Waals surface area (Å²) in [4.78, 5) is 2.15. The predicted molar refractivity (Wildman–Crippen MR) is 92.1 cm³/mol. The van der Waals surface area contributed by atoms with Crippen molar-refractivity contribution in [2.45, 2.75) is 31.5 Å². The molecule has 0 unspecified atom stereocenters. The second-order valence-electron chi connectivity index (χ2n) is 6.77. The Morgan fingerprint density at radius 1 is 1.12 bits per heavy atom. The summed E-state index contributed by atoms with van der Waals surface area (Å²) in [7, 11) is 0. The van der Waals surface area contributed by atoms with Crippen LogP contribution in [0.3, 0.4) is 0 Å². The number of aliphatic hydroxyl groups is 2. The lowest BCUT2D eigenvalue weighted by Crippen LogP contribution is -2.44. The molecule has 0 radical (unpaired) electrons. The van der Waals surface area contributed by atoms with Crippen molar-refractivity contribution >= 4 is 0 Å². The summed E-state index contributed by atoms with van der Waals surface area (Å²) in [6.07, 6.45) is 0.648. The molecule has 1 saturated heterocycles. The number of hydrogen-bond donors (Lipinski definition) is 2. The molecule has 4 heteroatoms. The molecule has 128 valence electrons. The number of β-amino-alcohol motifs (C(OH)–C–C–N with tert-alkyl or cyclic N) is 1. The summed E-state index contributed by atoms with van der Waals surface area (Å²) in [6.45, 7) is 3.97. The Hall–Kier alpha value is -1.75. The average molecular weight is 329 g/mol. The number of piperidine rings is 1. The third kappa shape index (κ3) is 3.83. The van der Waals surface area contributed by atoms with Gasteiger partial charge in [-0.15, -0.1) is 0 Å². The zero-order valence-electron chi connectivity index (χ0n) is 14.0. The largest absolute Gasteiger partial charge is 0.387 e. The molecular weight excluding hydrogens is 305 g/mol. The van der Waals surface area contributed by atoms with E-state index in [2.05, 4.69) is 4.90 Å². The number of hydrogen-bond acceptors (Lipinski definition) is 3. The molecule has 0 spiro atoms. The van der Waals surface area contributed by atoms with Crippen molar-refractivity contribution in [3.8, 4) is 0 Å². The molecule has 3 rings (SSSR count). The fourth-order valence-electron chi connectivity index (χ4n) is 3.36. The van der Waals surface area contributed by atoms with E-state index >= 15 is 0 Å². The van der Waals surface area contributed by atoms with Crippen molar-refractivity contribution in [2.24, 2.45) is 0 Å². The van der Waals surface area contributed by atoms with E-state index in [0.717, 1.165) is 29.8 Å². The summed E-state index contributed by atoms with van der Waals surface area (Å²) >= 11 is 0. The monoisotopic (exact) mass is 329 g/mol. The highest BCUT2D eigenvalue weighted by atomic mass is 19.1. The van der Waals surface area contributed by atoms with Crippen LogP contribution in [0.15, 0.2) is 48.5 Å². The average Bonchev–Trinajstić information content (AvgIpc) is 2.58. The second kappa shape index (κ2) is 7.01. The number of aliphatic hydroxyl groups excluding tert-OH is 1. The van der Waals surface area contributed by atoms with E-state index in [1.807, 2.05) is 31.2 Å². The topological polar surface area (TPSA) is 43.7 Å². The maximum absolute atomic E-state index is 13.0. The van der Waals surface area contributed by atoms with Crippen LogP contribution in [-0.4, -0.2) is 34.7 Å². The number of aryl methyl sites for hydroxylation is 1. The van der Waals surface area contributed by atoms with Gasteiger partial charge in [0.05, 0.1) is 11.7 Å². The van der Waals surface area contributed by atoms with Gasteiger partial charge in [-0.2, -0.15) is 0 Å². The fraction of sp³-hybridized carbons (Fsp3) is 0.400. The summed E-state index contributed by atoms with van der Waals surface area (Å²) in [6, 6.07) is 14.0. The Bertz CT molecular complexity index is 678. The zero-order chi connectivity index (χ0) is 17.2. The predicted octanol–water partition coefficient (Wildman–Crippen LogP) is 3.15. The summed E-state index contributed by atoms with van der Waals surface area (Å²) in [5.41, 5.74) is 2.05. The molecule has 1 aliphatic heterocycles. The summed E-state index contributed by atoms with van der Waals surface area (Å²) in [5, 5.41) is 21.3. The Morgan fingerprint density at radius 2 is 1.79 bits per heavy atom.